The molecular weight excluding hydrogens is 333 g/mol. The summed E-state index contributed by atoms with van der Waals surface area (Å²) in [7, 11) is -4.89. The van der Waals surface area contributed by atoms with E-state index < -0.39 is 19.8 Å². The molecule has 0 spiro atoms. The maximum atomic E-state index is 12.0. The Morgan fingerprint density at radius 2 is 1.75 bits per heavy atom. The molecule has 0 aromatic heterocycles. The molecule has 0 bridgehead atoms. The number of nitrogens with zero attached hydrogens (tertiary/aromatic N) is 1. The highest BCUT2D eigenvalue weighted by Gasteiger charge is 2.31. The number of anilines is 1. The van der Waals surface area contributed by atoms with Crippen LogP contribution in [0, 0.1) is 0 Å². The van der Waals surface area contributed by atoms with E-state index in [1.165, 1.54) is 24.8 Å². The van der Waals surface area contributed by atoms with Crippen LogP contribution in [0.2, 0.25) is 0 Å². The van der Waals surface area contributed by atoms with Gasteiger partial charge in [-0.25, -0.2) is 14.4 Å². The van der Waals surface area contributed by atoms with Crippen molar-refractivity contribution in [1.82, 2.24) is 0 Å². The van der Waals surface area contributed by atoms with Crippen LogP contribution < -0.4 is 5.06 Å². The molecule has 134 valence electrons. The number of phosphoric ester groups is 1. The molecule has 7 nitrogen and oxygen atoms in total. The molecule has 2 N–H and O–H groups in total. The van der Waals surface area contributed by atoms with Crippen LogP contribution in [0.4, 0.5) is 5.69 Å². The van der Waals surface area contributed by atoms with Gasteiger partial charge in [0.15, 0.2) is 6.04 Å². The van der Waals surface area contributed by atoms with Gasteiger partial charge in [0.2, 0.25) is 0 Å². The number of phosphoric acid groups is 1. The Balaban J connectivity index is 2.16. The van der Waals surface area contributed by atoms with Gasteiger partial charge in [-0.1, -0.05) is 43.9 Å². The zero-order valence-electron chi connectivity index (χ0n) is 13.7. The van der Waals surface area contributed by atoms with Gasteiger partial charge in [-0.3, -0.25) is 14.6 Å². The molecule has 1 aromatic carbocycles. The largest absolute Gasteiger partial charge is 0.527 e. The number of rotatable bonds is 6. The van der Waals surface area contributed by atoms with Crippen molar-refractivity contribution in [3.05, 3.63) is 30.3 Å². The van der Waals surface area contributed by atoms with Crippen molar-refractivity contribution >= 4 is 19.5 Å². The lowest BCUT2D eigenvalue weighted by Gasteiger charge is -2.32. The van der Waals surface area contributed by atoms with Crippen LogP contribution in [-0.2, 0) is 18.7 Å². The average Bonchev–Trinajstić information content (AvgIpc) is 2.80. The topological polar surface area (TPSA) is 96.3 Å². The minimum Gasteiger partial charge on any atom is -0.369 e. The second kappa shape index (κ2) is 8.62. The fourth-order valence-electron chi connectivity index (χ4n) is 2.75. The lowest BCUT2D eigenvalue weighted by Crippen LogP contribution is -2.42. The summed E-state index contributed by atoms with van der Waals surface area (Å²) >= 11 is 0. The van der Waals surface area contributed by atoms with Crippen molar-refractivity contribution in [2.45, 2.75) is 57.6 Å². The van der Waals surface area contributed by atoms with Crippen LogP contribution in [0.5, 0.6) is 0 Å². The minimum absolute atomic E-state index is 0.0296. The van der Waals surface area contributed by atoms with Crippen LogP contribution in [0.15, 0.2) is 30.3 Å². The smallest absolute Gasteiger partial charge is 0.369 e. The zero-order valence-corrected chi connectivity index (χ0v) is 14.6. The Kier molecular flexibility index (Phi) is 6.80. The lowest BCUT2D eigenvalue weighted by atomic mass is 10.1. The molecular formula is C16H24NO6P. The first-order valence-electron chi connectivity index (χ1n) is 8.17. The number of hydroxylamine groups is 1. The van der Waals surface area contributed by atoms with E-state index in [1.807, 2.05) is 6.07 Å². The molecule has 0 unspecified atom stereocenters. The van der Waals surface area contributed by atoms with Crippen molar-refractivity contribution < 1.29 is 28.5 Å². The summed E-state index contributed by atoms with van der Waals surface area (Å²) in [6, 6.07) is 8.02. The summed E-state index contributed by atoms with van der Waals surface area (Å²) in [6.45, 7) is 1.50. The van der Waals surface area contributed by atoms with E-state index in [-0.39, 0.29) is 6.10 Å². The number of hydrogen-bond donors (Lipinski definition) is 2. The fourth-order valence-corrected chi connectivity index (χ4v) is 3.13. The molecule has 1 aromatic rings. The molecule has 24 heavy (non-hydrogen) atoms. The summed E-state index contributed by atoms with van der Waals surface area (Å²) < 4.78 is 15.2. The van der Waals surface area contributed by atoms with E-state index in [9.17, 15) is 9.36 Å². The van der Waals surface area contributed by atoms with Gasteiger partial charge < -0.3 is 4.52 Å². The predicted molar refractivity (Wildman–Crippen MR) is 89.1 cm³/mol. The summed E-state index contributed by atoms with van der Waals surface area (Å²) in [5, 5.41) is 1.40. The minimum atomic E-state index is -4.89. The van der Waals surface area contributed by atoms with Gasteiger partial charge in [0.1, 0.15) is 0 Å². The second-order valence-electron chi connectivity index (χ2n) is 5.96. The van der Waals surface area contributed by atoms with Crippen molar-refractivity contribution in [3.8, 4) is 0 Å². The molecule has 1 fully saturated rings. The molecule has 1 aliphatic carbocycles. The van der Waals surface area contributed by atoms with Crippen LogP contribution in [0.3, 0.4) is 0 Å². The van der Waals surface area contributed by atoms with Crippen LogP contribution in [0.1, 0.15) is 45.4 Å². The standard InChI is InChI=1S/C16H24NO6P/c1-13(16(18)23-24(19,20)21)17(14-9-5-4-6-10-14)22-15-11-7-2-3-8-12-15/h4-6,9-10,13,15H,2-3,7-8,11-12H2,1H3,(H2,19,20,21)/t13-/m0/s1. The van der Waals surface area contributed by atoms with E-state index >= 15 is 0 Å². The first-order chi connectivity index (χ1) is 11.4. The van der Waals surface area contributed by atoms with Crippen molar-refractivity contribution in [2.75, 3.05) is 5.06 Å². The summed E-state index contributed by atoms with van der Waals surface area (Å²) in [5.74, 6) is -1.03. The molecule has 1 atom stereocenters. The van der Waals surface area contributed by atoms with Crippen LogP contribution in [0.25, 0.3) is 0 Å². The maximum absolute atomic E-state index is 12.0. The van der Waals surface area contributed by atoms with Gasteiger partial charge in [-0.15, -0.1) is 0 Å². The molecule has 1 saturated carbocycles. The van der Waals surface area contributed by atoms with Gasteiger partial charge in [-0.2, -0.15) is 0 Å². The average molecular weight is 357 g/mol. The summed E-state index contributed by atoms with van der Waals surface area (Å²) in [5.41, 5.74) is 0.636. The Morgan fingerprint density at radius 1 is 1.17 bits per heavy atom. The van der Waals surface area contributed by atoms with Gasteiger partial charge in [0.25, 0.3) is 0 Å². The lowest BCUT2D eigenvalue weighted by molar-refractivity contribution is -0.139. The van der Waals surface area contributed by atoms with Gasteiger partial charge in [0.05, 0.1) is 11.8 Å². The highest BCUT2D eigenvalue weighted by molar-refractivity contribution is 7.46. The summed E-state index contributed by atoms with van der Waals surface area (Å²) in [6.07, 6.45) is 6.22. The summed E-state index contributed by atoms with van der Waals surface area (Å²) in [4.78, 5) is 35.8. The monoisotopic (exact) mass is 357 g/mol. The third-order valence-electron chi connectivity index (χ3n) is 3.98. The Hall–Kier alpha value is -1.40. The molecule has 0 amide bonds. The predicted octanol–water partition coefficient (Wildman–Crippen LogP) is 3.17. The third kappa shape index (κ3) is 5.91. The number of hydrogen-bond acceptors (Lipinski definition) is 5. The molecule has 8 heteroatoms. The Bertz CT molecular complexity index is 567. The third-order valence-corrected chi connectivity index (χ3v) is 4.40. The zero-order chi connectivity index (χ0) is 17.6. The fraction of sp³-hybridized carbons (Fsp3) is 0.562. The highest BCUT2D eigenvalue weighted by Crippen LogP contribution is 2.37. The van der Waals surface area contributed by atoms with Gasteiger partial charge in [0, 0.05) is 0 Å². The molecule has 0 saturated heterocycles. The SMILES string of the molecule is C[C@@H](C(=O)OP(=O)(O)O)N(OC1CCCCCC1)c1ccccc1. The van der Waals surface area contributed by atoms with Gasteiger partial charge >= 0.3 is 13.8 Å². The second-order valence-corrected chi connectivity index (χ2v) is 7.12. The van der Waals surface area contributed by atoms with Crippen molar-refractivity contribution in [1.29, 1.82) is 0 Å². The Labute approximate surface area is 141 Å². The number of carbonyl (C=O) groups excluding carboxylic acids is 1. The maximum Gasteiger partial charge on any atom is 0.527 e. The van der Waals surface area contributed by atoms with Gasteiger partial charge in [-0.05, 0) is 31.9 Å². The number of carbonyl (C=O) groups is 1. The van der Waals surface area contributed by atoms with Crippen LogP contribution in [-0.4, -0.2) is 27.9 Å². The number of para-hydroxylation sites is 1. The Morgan fingerprint density at radius 3 is 2.29 bits per heavy atom. The van der Waals surface area contributed by atoms with E-state index in [4.69, 9.17) is 14.6 Å². The van der Waals surface area contributed by atoms with E-state index in [1.54, 1.807) is 24.3 Å². The van der Waals surface area contributed by atoms with E-state index in [0.29, 0.717) is 5.69 Å². The molecule has 0 heterocycles. The normalized spacial score (nSPS) is 17.8. The molecule has 0 radical (unpaired) electrons. The van der Waals surface area contributed by atoms with E-state index in [2.05, 4.69) is 4.52 Å². The highest BCUT2D eigenvalue weighted by atomic mass is 31.2. The molecule has 1 aliphatic rings. The van der Waals surface area contributed by atoms with E-state index in [0.717, 1.165) is 25.7 Å². The van der Waals surface area contributed by atoms with Crippen molar-refractivity contribution in [2.24, 2.45) is 0 Å². The first-order valence-corrected chi connectivity index (χ1v) is 9.70. The number of benzene rings is 1. The molecule has 0 aliphatic heterocycles. The molecule has 2 rings (SSSR count). The van der Waals surface area contributed by atoms with Crippen LogP contribution >= 0.6 is 7.82 Å². The van der Waals surface area contributed by atoms with Crippen molar-refractivity contribution in [3.63, 3.8) is 0 Å². The first kappa shape index (κ1) is 18.9. The quantitative estimate of drug-likeness (QED) is 0.458.